The van der Waals surface area contributed by atoms with Crippen molar-refractivity contribution in [2.45, 2.75) is 51.7 Å². The number of carbonyl (C=O) groups is 1. The highest BCUT2D eigenvalue weighted by atomic mass is 19.1. The van der Waals surface area contributed by atoms with Crippen molar-refractivity contribution in [2.75, 3.05) is 13.2 Å². The standard InChI is InChI=1S/C15H22FN3O3/c1-15(2,3)22-14(20)19-7-5-4-6-12(19)10-21-13-17-8-11(16)9-18-13/h8-9,12H,4-7,10H2,1-3H3. The van der Waals surface area contributed by atoms with Gasteiger partial charge in [-0.25, -0.2) is 19.2 Å². The molecule has 1 amide bonds. The van der Waals surface area contributed by atoms with Gasteiger partial charge < -0.3 is 14.4 Å². The van der Waals surface area contributed by atoms with Crippen molar-refractivity contribution in [3.05, 3.63) is 18.2 Å². The van der Waals surface area contributed by atoms with E-state index in [1.807, 2.05) is 20.8 Å². The summed E-state index contributed by atoms with van der Waals surface area (Å²) in [5.41, 5.74) is -0.528. The first kappa shape index (κ1) is 16.5. The van der Waals surface area contributed by atoms with Gasteiger partial charge in [-0.3, -0.25) is 0 Å². The smallest absolute Gasteiger partial charge is 0.410 e. The van der Waals surface area contributed by atoms with Crippen molar-refractivity contribution in [1.29, 1.82) is 0 Å². The van der Waals surface area contributed by atoms with Gasteiger partial charge in [0.1, 0.15) is 12.2 Å². The summed E-state index contributed by atoms with van der Waals surface area (Å²) in [6, 6.07) is 0.0216. The number of halogens is 1. The van der Waals surface area contributed by atoms with E-state index in [1.54, 1.807) is 4.90 Å². The Morgan fingerprint density at radius 2 is 2.05 bits per heavy atom. The maximum atomic E-state index is 12.8. The summed E-state index contributed by atoms with van der Waals surface area (Å²) in [6.07, 6.45) is 4.57. The number of nitrogens with zero attached hydrogens (tertiary/aromatic N) is 3. The minimum atomic E-state index is -0.528. The molecule has 1 fully saturated rings. The first-order valence-electron chi connectivity index (χ1n) is 7.45. The van der Waals surface area contributed by atoms with E-state index < -0.39 is 11.4 Å². The summed E-state index contributed by atoms with van der Waals surface area (Å²) in [5.74, 6) is -0.514. The molecule has 1 aromatic rings. The zero-order chi connectivity index (χ0) is 16.2. The van der Waals surface area contributed by atoms with Crippen molar-refractivity contribution in [3.8, 4) is 6.01 Å². The Labute approximate surface area is 129 Å². The summed E-state index contributed by atoms with van der Waals surface area (Å²) in [4.78, 5) is 21.4. The number of aromatic nitrogens is 2. The second kappa shape index (κ2) is 6.89. The van der Waals surface area contributed by atoms with Gasteiger partial charge in [0.15, 0.2) is 5.82 Å². The molecule has 22 heavy (non-hydrogen) atoms. The van der Waals surface area contributed by atoms with Crippen LogP contribution in [0.25, 0.3) is 0 Å². The van der Waals surface area contributed by atoms with Crippen LogP contribution in [0.5, 0.6) is 6.01 Å². The topological polar surface area (TPSA) is 64.5 Å². The van der Waals surface area contributed by atoms with Crippen LogP contribution in [0.15, 0.2) is 12.4 Å². The zero-order valence-electron chi connectivity index (χ0n) is 13.2. The Morgan fingerprint density at radius 3 is 2.68 bits per heavy atom. The molecule has 1 aromatic heterocycles. The molecule has 1 aliphatic rings. The Balaban J connectivity index is 1.94. The predicted molar refractivity (Wildman–Crippen MR) is 78.1 cm³/mol. The van der Waals surface area contributed by atoms with Gasteiger partial charge in [-0.15, -0.1) is 0 Å². The lowest BCUT2D eigenvalue weighted by Crippen LogP contribution is -2.48. The van der Waals surface area contributed by atoms with Gasteiger partial charge in [-0.1, -0.05) is 0 Å². The molecule has 0 radical (unpaired) electrons. The van der Waals surface area contributed by atoms with Crippen LogP contribution in [-0.2, 0) is 4.74 Å². The van der Waals surface area contributed by atoms with Crippen LogP contribution in [0.3, 0.4) is 0 Å². The molecular formula is C15H22FN3O3. The molecule has 7 heteroatoms. The minimum Gasteiger partial charge on any atom is -0.461 e. The molecular weight excluding hydrogens is 289 g/mol. The minimum absolute atomic E-state index is 0.0859. The first-order valence-corrected chi connectivity index (χ1v) is 7.45. The molecule has 1 atom stereocenters. The highest BCUT2D eigenvalue weighted by Gasteiger charge is 2.31. The molecule has 0 aromatic carbocycles. The maximum absolute atomic E-state index is 12.8. The third kappa shape index (κ3) is 4.82. The van der Waals surface area contributed by atoms with Crippen molar-refractivity contribution in [2.24, 2.45) is 0 Å². The van der Waals surface area contributed by atoms with E-state index in [-0.39, 0.29) is 24.8 Å². The molecule has 0 saturated carbocycles. The number of piperidine rings is 1. The molecule has 0 N–H and O–H groups in total. The molecule has 0 aliphatic carbocycles. The Bertz CT molecular complexity index is 502. The fourth-order valence-corrected chi connectivity index (χ4v) is 2.28. The fraction of sp³-hybridized carbons (Fsp3) is 0.667. The van der Waals surface area contributed by atoms with Crippen LogP contribution >= 0.6 is 0 Å². The zero-order valence-corrected chi connectivity index (χ0v) is 13.2. The van der Waals surface area contributed by atoms with E-state index in [9.17, 15) is 9.18 Å². The molecule has 1 saturated heterocycles. The SMILES string of the molecule is CC(C)(C)OC(=O)N1CCCCC1COc1ncc(F)cn1. The number of rotatable bonds is 3. The lowest BCUT2D eigenvalue weighted by molar-refractivity contribution is 0.00305. The quantitative estimate of drug-likeness (QED) is 0.859. The number of hydrogen-bond acceptors (Lipinski definition) is 5. The largest absolute Gasteiger partial charge is 0.461 e. The van der Waals surface area contributed by atoms with Gasteiger partial charge in [0.25, 0.3) is 0 Å². The van der Waals surface area contributed by atoms with Crippen LogP contribution in [0.4, 0.5) is 9.18 Å². The van der Waals surface area contributed by atoms with E-state index in [4.69, 9.17) is 9.47 Å². The highest BCUT2D eigenvalue weighted by molar-refractivity contribution is 5.68. The van der Waals surface area contributed by atoms with Gasteiger partial charge in [0, 0.05) is 6.54 Å². The summed E-state index contributed by atoms with van der Waals surface area (Å²) >= 11 is 0. The third-order valence-corrected chi connectivity index (χ3v) is 3.26. The second-order valence-electron chi connectivity index (χ2n) is 6.32. The predicted octanol–water partition coefficient (Wildman–Crippen LogP) is 2.78. The normalized spacial score (nSPS) is 18.9. The maximum Gasteiger partial charge on any atom is 0.410 e. The van der Waals surface area contributed by atoms with E-state index in [1.165, 1.54) is 0 Å². The third-order valence-electron chi connectivity index (χ3n) is 3.26. The molecule has 122 valence electrons. The van der Waals surface area contributed by atoms with Crippen LogP contribution in [0, 0.1) is 5.82 Å². The lowest BCUT2D eigenvalue weighted by atomic mass is 10.0. The monoisotopic (exact) mass is 311 g/mol. The summed E-state index contributed by atoms with van der Waals surface area (Å²) in [6.45, 7) is 6.43. The number of hydrogen-bond donors (Lipinski definition) is 0. The van der Waals surface area contributed by atoms with Crippen LogP contribution in [0.2, 0.25) is 0 Å². The van der Waals surface area contributed by atoms with Crippen molar-refractivity contribution >= 4 is 6.09 Å². The lowest BCUT2D eigenvalue weighted by Gasteiger charge is -2.36. The van der Waals surface area contributed by atoms with Gasteiger partial charge >= 0.3 is 12.1 Å². The number of amides is 1. The van der Waals surface area contributed by atoms with Crippen LogP contribution in [0.1, 0.15) is 40.0 Å². The van der Waals surface area contributed by atoms with E-state index in [0.29, 0.717) is 6.54 Å². The molecule has 0 bridgehead atoms. The molecule has 1 aliphatic heterocycles. The number of ether oxygens (including phenoxy) is 2. The first-order chi connectivity index (χ1) is 10.3. The van der Waals surface area contributed by atoms with Gasteiger partial charge in [-0.2, -0.15) is 0 Å². The van der Waals surface area contributed by atoms with E-state index in [0.717, 1.165) is 31.7 Å². The van der Waals surface area contributed by atoms with Gasteiger partial charge in [-0.05, 0) is 40.0 Å². The summed E-state index contributed by atoms with van der Waals surface area (Å²) in [7, 11) is 0. The van der Waals surface area contributed by atoms with E-state index in [2.05, 4.69) is 9.97 Å². The van der Waals surface area contributed by atoms with Crippen molar-refractivity contribution in [3.63, 3.8) is 0 Å². The molecule has 6 nitrogen and oxygen atoms in total. The summed E-state index contributed by atoms with van der Waals surface area (Å²) in [5, 5.41) is 0. The average Bonchev–Trinajstić information content (AvgIpc) is 2.45. The van der Waals surface area contributed by atoms with Gasteiger partial charge in [0.05, 0.1) is 18.4 Å². The Morgan fingerprint density at radius 1 is 1.36 bits per heavy atom. The molecule has 2 rings (SSSR count). The van der Waals surface area contributed by atoms with Crippen LogP contribution < -0.4 is 4.74 Å². The van der Waals surface area contributed by atoms with Gasteiger partial charge in [0.2, 0.25) is 0 Å². The highest BCUT2D eigenvalue weighted by Crippen LogP contribution is 2.21. The number of carbonyl (C=O) groups excluding carboxylic acids is 1. The fourth-order valence-electron chi connectivity index (χ4n) is 2.28. The molecule has 0 spiro atoms. The molecule has 2 heterocycles. The Hall–Kier alpha value is -1.92. The number of likely N-dealkylation sites (tertiary alicyclic amines) is 1. The molecule has 1 unspecified atom stereocenters. The van der Waals surface area contributed by atoms with Crippen molar-refractivity contribution in [1.82, 2.24) is 14.9 Å². The van der Waals surface area contributed by atoms with Crippen molar-refractivity contribution < 1.29 is 18.7 Å². The van der Waals surface area contributed by atoms with Crippen LogP contribution in [-0.4, -0.2) is 45.8 Å². The Kier molecular flexibility index (Phi) is 5.15. The summed E-state index contributed by atoms with van der Waals surface area (Å²) < 4.78 is 23.7. The average molecular weight is 311 g/mol. The van der Waals surface area contributed by atoms with E-state index >= 15 is 0 Å². The second-order valence-corrected chi connectivity index (χ2v) is 6.32.